The number of thiophene rings is 1. The zero-order valence-corrected chi connectivity index (χ0v) is 10.6. The largest absolute Gasteiger partial charge is 0.350 e. The number of rotatable bonds is 2. The van der Waals surface area contributed by atoms with Crippen LogP contribution in [0.2, 0.25) is 0 Å². The lowest BCUT2D eigenvalue weighted by atomic mass is 10.3. The number of hydrogen-bond donors (Lipinski definition) is 1. The van der Waals surface area contributed by atoms with Crippen molar-refractivity contribution in [1.82, 2.24) is 15.4 Å². The molecule has 0 spiro atoms. The van der Waals surface area contributed by atoms with Gasteiger partial charge in [0, 0.05) is 32.2 Å². The number of nitrogens with zero attached hydrogens (tertiary/aromatic N) is 2. The highest BCUT2D eigenvalue weighted by Gasteiger charge is 2.22. The highest BCUT2D eigenvalue weighted by molar-refractivity contribution is 7.13. The van der Waals surface area contributed by atoms with Gasteiger partial charge in [0.25, 0.3) is 5.91 Å². The van der Waals surface area contributed by atoms with Crippen molar-refractivity contribution in [1.29, 1.82) is 0 Å². The van der Waals surface area contributed by atoms with Crippen LogP contribution in [0.4, 0.5) is 0 Å². The number of piperazine rings is 1. The zero-order valence-electron chi connectivity index (χ0n) is 9.76. The lowest BCUT2D eigenvalue weighted by Crippen LogP contribution is -2.46. The van der Waals surface area contributed by atoms with Gasteiger partial charge in [0.2, 0.25) is 5.76 Å². The first-order chi connectivity index (χ1) is 8.84. The average molecular weight is 263 g/mol. The summed E-state index contributed by atoms with van der Waals surface area (Å²) in [6.07, 6.45) is 0. The maximum absolute atomic E-state index is 12.2. The summed E-state index contributed by atoms with van der Waals surface area (Å²) in [5.74, 6) is 0.243. The molecule has 0 saturated carbocycles. The van der Waals surface area contributed by atoms with Crippen LogP contribution in [-0.4, -0.2) is 42.1 Å². The molecule has 94 valence electrons. The average Bonchev–Trinajstić information content (AvgIpc) is 3.09. The summed E-state index contributed by atoms with van der Waals surface area (Å²) >= 11 is 1.58. The maximum atomic E-state index is 12.2. The molecular weight excluding hydrogens is 250 g/mol. The van der Waals surface area contributed by atoms with Gasteiger partial charge in [-0.25, -0.2) is 0 Å². The second-order valence-electron chi connectivity index (χ2n) is 4.10. The van der Waals surface area contributed by atoms with E-state index >= 15 is 0 Å². The lowest BCUT2D eigenvalue weighted by molar-refractivity contribution is 0.0694. The minimum atomic E-state index is -0.0770. The van der Waals surface area contributed by atoms with Gasteiger partial charge in [-0.1, -0.05) is 11.2 Å². The van der Waals surface area contributed by atoms with Crippen LogP contribution in [0.1, 0.15) is 10.6 Å². The molecule has 2 aromatic heterocycles. The molecule has 0 aliphatic carbocycles. The summed E-state index contributed by atoms with van der Waals surface area (Å²) in [6.45, 7) is 3.09. The molecule has 0 bridgehead atoms. The van der Waals surface area contributed by atoms with Crippen molar-refractivity contribution in [3.63, 3.8) is 0 Å². The molecule has 3 rings (SSSR count). The van der Waals surface area contributed by atoms with E-state index in [0.717, 1.165) is 23.7 Å². The summed E-state index contributed by atoms with van der Waals surface area (Å²) in [5.41, 5.74) is 0.725. The molecule has 2 aromatic rings. The van der Waals surface area contributed by atoms with E-state index in [4.69, 9.17) is 4.52 Å². The van der Waals surface area contributed by atoms with Crippen molar-refractivity contribution in [2.24, 2.45) is 0 Å². The highest BCUT2D eigenvalue weighted by Crippen LogP contribution is 2.24. The van der Waals surface area contributed by atoms with E-state index in [9.17, 15) is 4.79 Å². The molecule has 3 heterocycles. The van der Waals surface area contributed by atoms with Crippen molar-refractivity contribution in [2.75, 3.05) is 26.2 Å². The third-order valence-electron chi connectivity index (χ3n) is 2.90. The summed E-state index contributed by atoms with van der Waals surface area (Å²) < 4.78 is 5.15. The molecule has 6 heteroatoms. The van der Waals surface area contributed by atoms with E-state index < -0.39 is 0 Å². The molecule has 0 atom stereocenters. The third-order valence-corrected chi connectivity index (χ3v) is 3.79. The van der Waals surface area contributed by atoms with E-state index in [2.05, 4.69) is 10.5 Å². The predicted octanol–water partition coefficient (Wildman–Crippen LogP) is 1.45. The number of nitrogens with one attached hydrogen (secondary N) is 1. The van der Waals surface area contributed by atoms with Gasteiger partial charge in [-0.2, -0.15) is 0 Å². The number of aromatic nitrogens is 1. The van der Waals surface area contributed by atoms with Crippen LogP contribution in [-0.2, 0) is 0 Å². The SMILES string of the molecule is O=C(c1cc(-c2cccs2)no1)N1CCNCC1. The fourth-order valence-corrected chi connectivity index (χ4v) is 2.62. The predicted molar refractivity (Wildman–Crippen MR) is 68.6 cm³/mol. The number of hydrogen-bond acceptors (Lipinski definition) is 5. The van der Waals surface area contributed by atoms with Gasteiger partial charge in [0.15, 0.2) is 0 Å². The summed E-state index contributed by atoms with van der Waals surface area (Å²) in [7, 11) is 0. The standard InChI is InChI=1S/C12H13N3O2S/c16-12(15-5-3-13-4-6-15)10-8-9(14-17-10)11-2-1-7-18-11/h1-2,7-8,13H,3-6H2. The monoisotopic (exact) mass is 263 g/mol. The Hall–Kier alpha value is -1.66. The van der Waals surface area contributed by atoms with E-state index in [1.54, 1.807) is 22.3 Å². The van der Waals surface area contributed by atoms with Crippen molar-refractivity contribution < 1.29 is 9.32 Å². The molecule has 1 aliphatic heterocycles. The van der Waals surface area contributed by atoms with Gasteiger partial charge in [-0.05, 0) is 11.4 Å². The topological polar surface area (TPSA) is 58.4 Å². The van der Waals surface area contributed by atoms with E-state index in [1.165, 1.54) is 0 Å². The normalized spacial score (nSPS) is 15.9. The highest BCUT2D eigenvalue weighted by atomic mass is 32.1. The van der Waals surface area contributed by atoms with Crippen molar-refractivity contribution in [3.05, 3.63) is 29.3 Å². The molecule has 1 fully saturated rings. The molecule has 1 amide bonds. The molecule has 0 radical (unpaired) electrons. The molecule has 1 N–H and O–H groups in total. The Labute approximate surface area is 108 Å². The van der Waals surface area contributed by atoms with Crippen LogP contribution in [0, 0.1) is 0 Å². The van der Waals surface area contributed by atoms with Gasteiger partial charge < -0.3 is 14.7 Å². The molecule has 0 unspecified atom stereocenters. The fraction of sp³-hybridized carbons (Fsp3) is 0.333. The Morgan fingerprint density at radius 1 is 1.44 bits per heavy atom. The van der Waals surface area contributed by atoms with Gasteiger partial charge in [-0.3, -0.25) is 4.79 Å². The summed E-state index contributed by atoms with van der Waals surface area (Å²) in [5, 5.41) is 9.13. The number of amides is 1. The van der Waals surface area contributed by atoms with Crippen LogP contribution in [0.25, 0.3) is 10.6 Å². The molecule has 1 saturated heterocycles. The van der Waals surface area contributed by atoms with Crippen LogP contribution >= 0.6 is 11.3 Å². The van der Waals surface area contributed by atoms with E-state index in [-0.39, 0.29) is 5.91 Å². The van der Waals surface area contributed by atoms with Crippen molar-refractivity contribution in [3.8, 4) is 10.6 Å². The minimum absolute atomic E-state index is 0.0770. The van der Waals surface area contributed by atoms with Crippen molar-refractivity contribution in [2.45, 2.75) is 0 Å². The van der Waals surface area contributed by atoms with Gasteiger partial charge in [0.05, 0.1) is 4.88 Å². The van der Waals surface area contributed by atoms with Gasteiger partial charge in [0.1, 0.15) is 5.69 Å². The minimum Gasteiger partial charge on any atom is -0.350 e. The number of carbonyl (C=O) groups is 1. The molecule has 0 aromatic carbocycles. The lowest BCUT2D eigenvalue weighted by Gasteiger charge is -2.26. The molecule has 5 nitrogen and oxygen atoms in total. The van der Waals surface area contributed by atoms with Gasteiger partial charge >= 0.3 is 0 Å². The van der Waals surface area contributed by atoms with E-state index in [1.807, 2.05) is 17.5 Å². The van der Waals surface area contributed by atoms with Crippen LogP contribution in [0.15, 0.2) is 28.1 Å². The first-order valence-corrected chi connectivity index (χ1v) is 6.73. The Morgan fingerprint density at radius 3 is 3.00 bits per heavy atom. The summed E-state index contributed by atoms with van der Waals surface area (Å²) in [6, 6.07) is 5.63. The first-order valence-electron chi connectivity index (χ1n) is 5.85. The van der Waals surface area contributed by atoms with Crippen molar-refractivity contribution >= 4 is 17.2 Å². The molecular formula is C12H13N3O2S. The Bertz CT molecular complexity index is 529. The first kappa shape index (κ1) is 11.4. The van der Waals surface area contributed by atoms with E-state index in [0.29, 0.717) is 18.8 Å². The quantitative estimate of drug-likeness (QED) is 0.891. The molecule has 18 heavy (non-hydrogen) atoms. The smallest absolute Gasteiger partial charge is 0.292 e. The second kappa shape index (κ2) is 4.91. The van der Waals surface area contributed by atoms with Crippen LogP contribution < -0.4 is 5.32 Å². The zero-order chi connectivity index (χ0) is 12.4. The maximum Gasteiger partial charge on any atom is 0.292 e. The number of carbonyl (C=O) groups excluding carboxylic acids is 1. The second-order valence-corrected chi connectivity index (χ2v) is 5.04. The van der Waals surface area contributed by atoms with Crippen LogP contribution in [0.5, 0.6) is 0 Å². The summed E-state index contributed by atoms with van der Waals surface area (Å²) in [4.78, 5) is 14.9. The Kier molecular flexibility index (Phi) is 3.12. The fourth-order valence-electron chi connectivity index (χ4n) is 1.94. The third kappa shape index (κ3) is 2.16. The Morgan fingerprint density at radius 2 is 2.28 bits per heavy atom. The van der Waals surface area contributed by atoms with Crippen LogP contribution in [0.3, 0.4) is 0 Å². The molecule has 1 aliphatic rings. The Balaban J connectivity index is 1.78. The van der Waals surface area contributed by atoms with Gasteiger partial charge in [-0.15, -0.1) is 11.3 Å².